The monoisotopic (exact) mass is 287 g/mol. The molecule has 7 heteroatoms. The number of hydrogen-bond donors (Lipinski definition) is 2. The molecule has 0 aliphatic carbocycles. The van der Waals surface area contributed by atoms with Gasteiger partial charge in [-0.2, -0.15) is 18.3 Å². The zero-order chi connectivity index (χ0) is 15.1. The number of alkyl halides is 3. The van der Waals surface area contributed by atoms with Gasteiger partial charge in [0.1, 0.15) is 11.6 Å². The number of hydrogen-bond acceptors (Lipinski definition) is 2. The van der Waals surface area contributed by atoms with Gasteiger partial charge >= 0.3 is 6.18 Å². The highest BCUT2D eigenvalue weighted by Crippen LogP contribution is 2.36. The van der Waals surface area contributed by atoms with Crippen LogP contribution >= 0.6 is 0 Å². The number of anilines is 1. The molecule has 0 spiro atoms. The summed E-state index contributed by atoms with van der Waals surface area (Å²) >= 11 is 0. The second kappa shape index (κ2) is 4.81. The van der Waals surface area contributed by atoms with Crippen molar-refractivity contribution in [2.24, 2.45) is 0 Å². The number of aromatic nitrogens is 2. The molecule has 0 amide bonds. The van der Waals surface area contributed by atoms with Gasteiger partial charge in [0, 0.05) is 11.1 Å². The Morgan fingerprint density at radius 1 is 1.25 bits per heavy atom. The summed E-state index contributed by atoms with van der Waals surface area (Å²) in [5, 5.41) is 6.41. The summed E-state index contributed by atoms with van der Waals surface area (Å²) in [6.45, 7) is 3.69. The maximum Gasteiger partial charge on any atom is 0.419 e. The zero-order valence-electron chi connectivity index (χ0n) is 10.8. The molecular formula is C13H13F4N3. The standard InChI is InChI=1S/C13H13F4N3/c1-6(2)10-11(19-20-12(10)18)7-3-4-9(14)8(5-7)13(15,16)17/h3-6H,1-2H3,(H3,18,19,20). The van der Waals surface area contributed by atoms with Gasteiger partial charge in [-0.25, -0.2) is 4.39 Å². The van der Waals surface area contributed by atoms with E-state index in [1.807, 2.05) is 13.8 Å². The molecule has 0 unspecified atom stereocenters. The van der Waals surface area contributed by atoms with Gasteiger partial charge in [0.25, 0.3) is 0 Å². The van der Waals surface area contributed by atoms with Crippen LogP contribution < -0.4 is 5.73 Å². The summed E-state index contributed by atoms with van der Waals surface area (Å²) in [5.74, 6) is -1.10. The molecule has 0 atom stereocenters. The van der Waals surface area contributed by atoms with E-state index in [0.29, 0.717) is 11.3 Å². The van der Waals surface area contributed by atoms with Crippen molar-refractivity contribution in [2.45, 2.75) is 25.9 Å². The normalized spacial score (nSPS) is 12.2. The first-order valence-electron chi connectivity index (χ1n) is 5.92. The average molecular weight is 287 g/mol. The first-order chi connectivity index (χ1) is 9.21. The molecule has 0 bridgehead atoms. The predicted octanol–water partition coefficient (Wildman–Crippen LogP) is 3.94. The number of nitrogens with zero attached hydrogens (tertiary/aromatic N) is 1. The van der Waals surface area contributed by atoms with Crippen molar-refractivity contribution in [3.8, 4) is 11.3 Å². The molecule has 3 N–H and O–H groups in total. The first kappa shape index (κ1) is 14.4. The van der Waals surface area contributed by atoms with E-state index in [1.54, 1.807) is 0 Å². The van der Waals surface area contributed by atoms with Crippen molar-refractivity contribution in [2.75, 3.05) is 5.73 Å². The molecule has 3 nitrogen and oxygen atoms in total. The van der Waals surface area contributed by atoms with E-state index in [-0.39, 0.29) is 17.3 Å². The number of H-pyrrole nitrogens is 1. The maximum absolute atomic E-state index is 13.3. The first-order valence-corrected chi connectivity index (χ1v) is 5.92. The fraction of sp³-hybridized carbons (Fsp3) is 0.308. The van der Waals surface area contributed by atoms with E-state index < -0.39 is 17.6 Å². The summed E-state index contributed by atoms with van der Waals surface area (Å²) < 4.78 is 51.4. The van der Waals surface area contributed by atoms with Crippen LogP contribution in [0.2, 0.25) is 0 Å². The van der Waals surface area contributed by atoms with Crippen LogP contribution in [0.15, 0.2) is 18.2 Å². The molecule has 2 rings (SSSR count). The minimum absolute atomic E-state index is 0.0249. The second-order valence-electron chi connectivity index (χ2n) is 4.74. The van der Waals surface area contributed by atoms with E-state index in [1.165, 1.54) is 6.07 Å². The molecule has 1 aromatic heterocycles. The third-order valence-electron chi connectivity index (χ3n) is 2.97. The van der Waals surface area contributed by atoms with Crippen molar-refractivity contribution in [3.63, 3.8) is 0 Å². The number of nitrogens with one attached hydrogen (secondary N) is 1. The number of rotatable bonds is 2. The SMILES string of the molecule is CC(C)c1c(N)n[nH]c1-c1ccc(F)c(C(F)(F)F)c1. The topological polar surface area (TPSA) is 54.7 Å². The summed E-state index contributed by atoms with van der Waals surface area (Å²) in [4.78, 5) is 0. The Morgan fingerprint density at radius 2 is 1.90 bits per heavy atom. The lowest BCUT2D eigenvalue weighted by Crippen LogP contribution is -2.08. The van der Waals surface area contributed by atoms with E-state index in [9.17, 15) is 17.6 Å². The Kier molecular flexibility index (Phi) is 3.45. The lowest BCUT2D eigenvalue weighted by atomic mass is 9.97. The van der Waals surface area contributed by atoms with Crippen molar-refractivity contribution in [3.05, 3.63) is 35.1 Å². The minimum Gasteiger partial charge on any atom is -0.382 e. The van der Waals surface area contributed by atoms with Gasteiger partial charge in [-0.15, -0.1) is 0 Å². The quantitative estimate of drug-likeness (QED) is 0.822. The molecule has 0 fully saturated rings. The molecule has 1 aromatic carbocycles. The summed E-state index contributed by atoms with van der Waals surface area (Å²) in [6, 6.07) is 2.82. The van der Waals surface area contributed by atoms with E-state index in [2.05, 4.69) is 10.2 Å². The smallest absolute Gasteiger partial charge is 0.382 e. The molecular weight excluding hydrogens is 274 g/mol. The third-order valence-corrected chi connectivity index (χ3v) is 2.97. The Bertz CT molecular complexity index is 629. The summed E-state index contributed by atoms with van der Waals surface area (Å²) in [6.07, 6.45) is -4.75. The number of benzene rings is 1. The number of halogens is 4. The molecule has 108 valence electrons. The fourth-order valence-electron chi connectivity index (χ4n) is 2.07. The van der Waals surface area contributed by atoms with Gasteiger partial charge in [-0.3, -0.25) is 5.10 Å². The van der Waals surface area contributed by atoms with E-state index in [0.717, 1.165) is 12.1 Å². The van der Waals surface area contributed by atoms with Crippen molar-refractivity contribution >= 4 is 5.82 Å². The summed E-state index contributed by atoms with van der Waals surface area (Å²) in [5.41, 5.74) is 5.58. The van der Waals surface area contributed by atoms with Gasteiger partial charge in [-0.05, 0) is 24.1 Å². The van der Waals surface area contributed by atoms with E-state index >= 15 is 0 Å². The van der Waals surface area contributed by atoms with Gasteiger partial charge in [0.15, 0.2) is 0 Å². The number of nitrogen functional groups attached to an aromatic ring is 1. The van der Waals surface area contributed by atoms with Crippen LogP contribution in [0.3, 0.4) is 0 Å². The van der Waals surface area contributed by atoms with Crippen LogP contribution in [-0.4, -0.2) is 10.2 Å². The highest BCUT2D eigenvalue weighted by atomic mass is 19.4. The van der Waals surface area contributed by atoms with Crippen LogP contribution in [0.5, 0.6) is 0 Å². The van der Waals surface area contributed by atoms with Crippen molar-refractivity contribution in [1.29, 1.82) is 0 Å². The van der Waals surface area contributed by atoms with Gasteiger partial charge in [0.05, 0.1) is 11.3 Å². The molecule has 1 heterocycles. The Morgan fingerprint density at radius 3 is 2.45 bits per heavy atom. The highest BCUT2D eigenvalue weighted by Gasteiger charge is 2.34. The summed E-state index contributed by atoms with van der Waals surface area (Å²) in [7, 11) is 0. The van der Waals surface area contributed by atoms with E-state index in [4.69, 9.17) is 5.73 Å². The third kappa shape index (κ3) is 2.48. The van der Waals surface area contributed by atoms with Crippen LogP contribution in [0.25, 0.3) is 11.3 Å². The van der Waals surface area contributed by atoms with Crippen LogP contribution in [0, 0.1) is 5.82 Å². The average Bonchev–Trinajstić information content (AvgIpc) is 2.70. The lowest BCUT2D eigenvalue weighted by molar-refractivity contribution is -0.139. The molecule has 20 heavy (non-hydrogen) atoms. The van der Waals surface area contributed by atoms with Crippen LogP contribution in [-0.2, 0) is 6.18 Å². The van der Waals surface area contributed by atoms with Crippen LogP contribution in [0.1, 0.15) is 30.9 Å². The highest BCUT2D eigenvalue weighted by molar-refractivity contribution is 5.69. The van der Waals surface area contributed by atoms with Gasteiger partial charge in [-0.1, -0.05) is 13.8 Å². The Labute approximate surface area is 112 Å². The minimum atomic E-state index is -4.75. The van der Waals surface area contributed by atoms with Crippen molar-refractivity contribution < 1.29 is 17.6 Å². The molecule has 0 aliphatic rings. The van der Waals surface area contributed by atoms with Gasteiger partial charge in [0.2, 0.25) is 0 Å². The zero-order valence-corrected chi connectivity index (χ0v) is 10.8. The largest absolute Gasteiger partial charge is 0.419 e. The van der Waals surface area contributed by atoms with Gasteiger partial charge < -0.3 is 5.73 Å². The fourth-order valence-corrected chi connectivity index (χ4v) is 2.07. The molecule has 0 aliphatic heterocycles. The van der Waals surface area contributed by atoms with Crippen LogP contribution in [0.4, 0.5) is 23.4 Å². The second-order valence-corrected chi connectivity index (χ2v) is 4.74. The maximum atomic E-state index is 13.3. The molecule has 0 saturated carbocycles. The number of aromatic amines is 1. The lowest BCUT2D eigenvalue weighted by Gasteiger charge is -2.11. The van der Waals surface area contributed by atoms with Crippen molar-refractivity contribution in [1.82, 2.24) is 10.2 Å². The number of nitrogens with two attached hydrogens (primary N) is 1. The molecule has 0 saturated heterocycles. The molecule has 0 radical (unpaired) electrons. The predicted molar refractivity (Wildman–Crippen MR) is 67.5 cm³/mol. The Balaban J connectivity index is 2.60. The molecule has 2 aromatic rings. The Hall–Kier alpha value is -2.05.